The van der Waals surface area contributed by atoms with Crippen LogP contribution < -0.4 is 11.1 Å². The second-order valence-electron chi connectivity index (χ2n) is 3.65. The zero-order chi connectivity index (χ0) is 11.3. The van der Waals surface area contributed by atoms with Gasteiger partial charge in [-0.25, -0.2) is 0 Å². The average Bonchev–Trinajstić information content (AvgIpc) is 2.64. The second-order valence-corrected chi connectivity index (χ2v) is 3.65. The SMILES string of the molecule is COC1CCCC1NC(=O)CC(N)=NO. The molecular formula is C9H17N3O3. The topological polar surface area (TPSA) is 96.9 Å². The van der Waals surface area contributed by atoms with Gasteiger partial charge in [-0.2, -0.15) is 0 Å². The molecule has 0 spiro atoms. The highest BCUT2D eigenvalue weighted by molar-refractivity contribution is 5.98. The number of nitrogens with two attached hydrogens (primary N) is 1. The Morgan fingerprint density at radius 1 is 1.67 bits per heavy atom. The van der Waals surface area contributed by atoms with Crippen LogP contribution in [-0.4, -0.2) is 36.2 Å². The van der Waals surface area contributed by atoms with Crippen molar-refractivity contribution in [2.24, 2.45) is 10.9 Å². The van der Waals surface area contributed by atoms with E-state index in [9.17, 15) is 4.79 Å². The van der Waals surface area contributed by atoms with Gasteiger partial charge < -0.3 is 21.0 Å². The Kier molecular flexibility index (Phi) is 4.36. The molecule has 15 heavy (non-hydrogen) atoms. The van der Waals surface area contributed by atoms with Crippen LogP contribution in [0.2, 0.25) is 0 Å². The Hall–Kier alpha value is -1.30. The lowest BCUT2D eigenvalue weighted by atomic mass is 10.2. The molecule has 6 nitrogen and oxygen atoms in total. The van der Waals surface area contributed by atoms with Gasteiger partial charge >= 0.3 is 0 Å². The molecule has 0 bridgehead atoms. The lowest BCUT2D eigenvalue weighted by Gasteiger charge is -2.19. The van der Waals surface area contributed by atoms with Crippen LogP contribution in [0, 0.1) is 0 Å². The minimum Gasteiger partial charge on any atom is -0.409 e. The van der Waals surface area contributed by atoms with E-state index in [1.165, 1.54) is 0 Å². The zero-order valence-corrected chi connectivity index (χ0v) is 8.77. The van der Waals surface area contributed by atoms with Crippen molar-refractivity contribution in [1.29, 1.82) is 0 Å². The smallest absolute Gasteiger partial charge is 0.228 e. The van der Waals surface area contributed by atoms with E-state index < -0.39 is 0 Å². The first-order valence-electron chi connectivity index (χ1n) is 4.96. The largest absolute Gasteiger partial charge is 0.409 e. The third kappa shape index (κ3) is 3.39. The van der Waals surface area contributed by atoms with Crippen molar-refractivity contribution < 1.29 is 14.7 Å². The van der Waals surface area contributed by atoms with E-state index in [4.69, 9.17) is 15.7 Å². The van der Waals surface area contributed by atoms with Gasteiger partial charge in [0.1, 0.15) is 5.84 Å². The van der Waals surface area contributed by atoms with E-state index in [-0.39, 0.29) is 30.3 Å². The molecule has 0 saturated heterocycles. The molecule has 1 rings (SSSR count). The number of rotatable bonds is 4. The minimum atomic E-state index is -0.237. The number of nitrogens with zero attached hydrogens (tertiary/aromatic N) is 1. The fourth-order valence-corrected chi connectivity index (χ4v) is 1.83. The maximum atomic E-state index is 11.4. The summed E-state index contributed by atoms with van der Waals surface area (Å²) in [5, 5.41) is 13.9. The molecule has 0 aromatic rings. The van der Waals surface area contributed by atoms with Crippen molar-refractivity contribution in [2.45, 2.75) is 37.8 Å². The highest BCUT2D eigenvalue weighted by atomic mass is 16.5. The fraction of sp³-hybridized carbons (Fsp3) is 0.778. The van der Waals surface area contributed by atoms with Crippen LogP contribution in [0.3, 0.4) is 0 Å². The molecule has 2 atom stereocenters. The molecule has 2 unspecified atom stereocenters. The van der Waals surface area contributed by atoms with Crippen LogP contribution in [0.5, 0.6) is 0 Å². The van der Waals surface area contributed by atoms with E-state index in [0.29, 0.717) is 0 Å². The molecule has 1 amide bonds. The number of carbonyl (C=O) groups excluding carboxylic acids is 1. The fourth-order valence-electron chi connectivity index (χ4n) is 1.83. The number of methoxy groups -OCH3 is 1. The Balaban J connectivity index is 2.37. The van der Waals surface area contributed by atoms with Crippen LogP contribution in [0.4, 0.5) is 0 Å². The Bertz CT molecular complexity index is 255. The first-order chi connectivity index (χ1) is 7.17. The molecule has 0 radical (unpaired) electrons. The van der Waals surface area contributed by atoms with Crippen molar-refractivity contribution in [1.82, 2.24) is 5.32 Å². The standard InChI is InChI=1S/C9H17N3O3/c1-15-7-4-2-3-6(7)11-9(13)5-8(10)12-14/h6-7,14H,2-5H2,1H3,(H2,10,12)(H,11,13). The van der Waals surface area contributed by atoms with Gasteiger partial charge in [0, 0.05) is 7.11 Å². The number of hydrogen-bond acceptors (Lipinski definition) is 4. The number of ether oxygens (including phenoxy) is 1. The second kappa shape index (κ2) is 5.55. The number of hydrogen-bond donors (Lipinski definition) is 3. The van der Waals surface area contributed by atoms with Gasteiger partial charge in [-0.3, -0.25) is 4.79 Å². The molecule has 0 aromatic carbocycles. The van der Waals surface area contributed by atoms with Crippen LogP contribution in [0.15, 0.2) is 5.16 Å². The summed E-state index contributed by atoms with van der Waals surface area (Å²) in [6.07, 6.45) is 2.93. The van der Waals surface area contributed by atoms with Crippen molar-refractivity contribution >= 4 is 11.7 Å². The van der Waals surface area contributed by atoms with Crippen molar-refractivity contribution in [2.75, 3.05) is 7.11 Å². The number of amides is 1. The van der Waals surface area contributed by atoms with Gasteiger partial charge in [-0.1, -0.05) is 5.16 Å². The predicted molar refractivity (Wildman–Crippen MR) is 54.6 cm³/mol. The normalized spacial score (nSPS) is 26.6. The quantitative estimate of drug-likeness (QED) is 0.262. The van der Waals surface area contributed by atoms with Gasteiger partial charge in [0.2, 0.25) is 5.91 Å². The van der Waals surface area contributed by atoms with Crippen molar-refractivity contribution in [3.63, 3.8) is 0 Å². The molecule has 0 aliphatic heterocycles. The molecule has 86 valence electrons. The summed E-state index contributed by atoms with van der Waals surface area (Å²) in [6, 6.07) is 0.0500. The summed E-state index contributed by atoms with van der Waals surface area (Å²) in [7, 11) is 1.64. The van der Waals surface area contributed by atoms with Crippen LogP contribution in [0.25, 0.3) is 0 Å². The zero-order valence-electron chi connectivity index (χ0n) is 8.77. The molecule has 6 heteroatoms. The first-order valence-corrected chi connectivity index (χ1v) is 4.96. The lowest BCUT2D eigenvalue weighted by molar-refractivity contribution is -0.121. The van der Waals surface area contributed by atoms with Gasteiger partial charge in [-0.15, -0.1) is 0 Å². The highest BCUT2D eigenvalue weighted by Crippen LogP contribution is 2.21. The van der Waals surface area contributed by atoms with E-state index in [1.54, 1.807) is 7.11 Å². The Morgan fingerprint density at radius 3 is 3.00 bits per heavy atom. The monoisotopic (exact) mass is 215 g/mol. The van der Waals surface area contributed by atoms with Crippen LogP contribution in [0.1, 0.15) is 25.7 Å². The Morgan fingerprint density at radius 2 is 2.40 bits per heavy atom. The molecule has 0 aromatic heterocycles. The highest BCUT2D eigenvalue weighted by Gasteiger charge is 2.28. The van der Waals surface area contributed by atoms with Gasteiger partial charge in [0.15, 0.2) is 0 Å². The first kappa shape index (κ1) is 11.8. The lowest BCUT2D eigenvalue weighted by Crippen LogP contribution is -2.42. The van der Waals surface area contributed by atoms with E-state index in [1.807, 2.05) is 0 Å². The molecule has 4 N–H and O–H groups in total. The number of carbonyl (C=O) groups is 1. The molecule has 1 saturated carbocycles. The summed E-state index contributed by atoms with van der Waals surface area (Å²) in [5.74, 6) is -0.321. The Labute approximate surface area is 88.5 Å². The molecule has 0 heterocycles. The predicted octanol–water partition coefficient (Wildman–Crippen LogP) is -0.193. The molecular weight excluding hydrogens is 198 g/mol. The van der Waals surface area contributed by atoms with Crippen molar-refractivity contribution in [3.8, 4) is 0 Å². The molecule has 1 aliphatic carbocycles. The molecule has 1 fully saturated rings. The summed E-state index contributed by atoms with van der Waals surface area (Å²) >= 11 is 0. The van der Waals surface area contributed by atoms with Gasteiger partial charge in [0.25, 0.3) is 0 Å². The molecule has 1 aliphatic rings. The van der Waals surface area contributed by atoms with Gasteiger partial charge in [0.05, 0.1) is 18.6 Å². The number of oxime groups is 1. The van der Waals surface area contributed by atoms with E-state index in [2.05, 4.69) is 10.5 Å². The summed E-state index contributed by atoms with van der Waals surface area (Å²) < 4.78 is 5.23. The van der Waals surface area contributed by atoms with Crippen LogP contribution >= 0.6 is 0 Å². The average molecular weight is 215 g/mol. The number of amidine groups is 1. The number of nitrogens with one attached hydrogen (secondary N) is 1. The minimum absolute atomic E-state index is 0.0500. The van der Waals surface area contributed by atoms with E-state index >= 15 is 0 Å². The van der Waals surface area contributed by atoms with Crippen molar-refractivity contribution in [3.05, 3.63) is 0 Å². The summed E-state index contributed by atoms with van der Waals surface area (Å²) in [6.45, 7) is 0. The maximum absolute atomic E-state index is 11.4. The maximum Gasteiger partial charge on any atom is 0.228 e. The third-order valence-electron chi connectivity index (χ3n) is 2.57. The summed E-state index contributed by atoms with van der Waals surface area (Å²) in [4.78, 5) is 11.4. The summed E-state index contributed by atoms with van der Waals surface area (Å²) in [5.41, 5.74) is 5.22. The third-order valence-corrected chi connectivity index (χ3v) is 2.57. The van der Waals surface area contributed by atoms with Crippen LogP contribution in [-0.2, 0) is 9.53 Å². The van der Waals surface area contributed by atoms with E-state index in [0.717, 1.165) is 19.3 Å². The van der Waals surface area contributed by atoms with Gasteiger partial charge in [-0.05, 0) is 19.3 Å².